The standard InChI is InChI=1S/C10H13F2NO/c1-7-3-4-8(9(5-7)14-2)13-6-10(11)12/h3-5,10,13H,6H2,1-2H3. The number of benzene rings is 1. The molecule has 0 unspecified atom stereocenters. The summed E-state index contributed by atoms with van der Waals surface area (Å²) in [5.74, 6) is 0.589. The SMILES string of the molecule is COc1cc(C)ccc1NCC(F)F. The number of alkyl halides is 2. The molecule has 0 amide bonds. The fourth-order valence-corrected chi connectivity index (χ4v) is 1.13. The summed E-state index contributed by atoms with van der Waals surface area (Å²) in [5.41, 5.74) is 1.63. The maximum Gasteiger partial charge on any atom is 0.255 e. The lowest BCUT2D eigenvalue weighted by atomic mass is 10.2. The van der Waals surface area contributed by atoms with Gasteiger partial charge in [-0.2, -0.15) is 0 Å². The van der Waals surface area contributed by atoms with Gasteiger partial charge >= 0.3 is 0 Å². The maximum absolute atomic E-state index is 11.9. The van der Waals surface area contributed by atoms with Gasteiger partial charge in [0.25, 0.3) is 6.43 Å². The summed E-state index contributed by atoms with van der Waals surface area (Å²) in [6.07, 6.45) is -2.36. The Morgan fingerprint density at radius 2 is 2.14 bits per heavy atom. The van der Waals surface area contributed by atoms with Crippen LogP contribution in [0.2, 0.25) is 0 Å². The Morgan fingerprint density at radius 1 is 1.43 bits per heavy atom. The van der Waals surface area contributed by atoms with E-state index in [9.17, 15) is 8.78 Å². The summed E-state index contributed by atoms with van der Waals surface area (Å²) in [5, 5.41) is 2.62. The van der Waals surface area contributed by atoms with Gasteiger partial charge in [-0.1, -0.05) is 6.07 Å². The van der Waals surface area contributed by atoms with Crippen LogP contribution in [0.25, 0.3) is 0 Å². The highest BCUT2D eigenvalue weighted by Crippen LogP contribution is 2.25. The average molecular weight is 201 g/mol. The first-order chi connectivity index (χ1) is 6.63. The Hall–Kier alpha value is -1.32. The summed E-state index contributed by atoms with van der Waals surface area (Å²) in [6, 6.07) is 5.38. The Bertz CT molecular complexity index is 302. The minimum atomic E-state index is -2.36. The molecule has 0 radical (unpaired) electrons. The Kier molecular flexibility index (Phi) is 3.68. The Morgan fingerprint density at radius 3 is 2.71 bits per heavy atom. The number of rotatable bonds is 4. The van der Waals surface area contributed by atoms with Gasteiger partial charge in [-0.15, -0.1) is 0 Å². The van der Waals surface area contributed by atoms with Crippen LogP contribution in [0, 0.1) is 6.92 Å². The van der Waals surface area contributed by atoms with Crippen molar-refractivity contribution in [3.63, 3.8) is 0 Å². The van der Waals surface area contributed by atoms with Gasteiger partial charge in [0.1, 0.15) is 5.75 Å². The van der Waals surface area contributed by atoms with Gasteiger partial charge in [0, 0.05) is 0 Å². The van der Waals surface area contributed by atoms with Gasteiger partial charge in [-0.05, 0) is 24.6 Å². The van der Waals surface area contributed by atoms with E-state index in [0.717, 1.165) is 5.56 Å². The summed E-state index contributed by atoms with van der Waals surface area (Å²) in [7, 11) is 1.52. The third-order valence-corrected chi connectivity index (χ3v) is 1.80. The van der Waals surface area contributed by atoms with Crippen LogP contribution in [-0.4, -0.2) is 20.1 Å². The first-order valence-electron chi connectivity index (χ1n) is 4.30. The lowest BCUT2D eigenvalue weighted by molar-refractivity contribution is 0.163. The van der Waals surface area contributed by atoms with Gasteiger partial charge in [0.2, 0.25) is 0 Å². The van der Waals surface area contributed by atoms with Crippen molar-refractivity contribution in [2.45, 2.75) is 13.3 Å². The van der Waals surface area contributed by atoms with Crippen LogP contribution in [-0.2, 0) is 0 Å². The molecule has 1 aromatic rings. The van der Waals surface area contributed by atoms with E-state index in [2.05, 4.69) is 5.32 Å². The number of anilines is 1. The number of hydrogen-bond donors (Lipinski definition) is 1. The van der Waals surface area contributed by atoms with E-state index in [-0.39, 0.29) is 6.54 Å². The summed E-state index contributed by atoms with van der Waals surface area (Å²) in [4.78, 5) is 0. The molecule has 2 nitrogen and oxygen atoms in total. The van der Waals surface area contributed by atoms with Crippen molar-refractivity contribution < 1.29 is 13.5 Å². The fourth-order valence-electron chi connectivity index (χ4n) is 1.13. The number of halogens is 2. The maximum atomic E-state index is 11.9. The van der Waals surface area contributed by atoms with Crippen LogP contribution in [0.4, 0.5) is 14.5 Å². The first kappa shape index (κ1) is 10.8. The van der Waals surface area contributed by atoms with Crippen LogP contribution < -0.4 is 10.1 Å². The topological polar surface area (TPSA) is 21.3 Å². The molecule has 1 aromatic carbocycles. The molecule has 4 heteroatoms. The van der Waals surface area contributed by atoms with Crippen LogP contribution in [0.1, 0.15) is 5.56 Å². The molecule has 0 aliphatic carbocycles. The average Bonchev–Trinajstić information content (AvgIpc) is 2.15. The van der Waals surface area contributed by atoms with Gasteiger partial charge in [-0.3, -0.25) is 0 Å². The second kappa shape index (κ2) is 4.79. The van der Waals surface area contributed by atoms with Crippen molar-refractivity contribution in [2.75, 3.05) is 19.0 Å². The largest absolute Gasteiger partial charge is 0.495 e. The molecule has 0 heterocycles. The molecule has 0 aliphatic rings. The third kappa shape index (κ3) is 2.87. The minimum Gasteiger partial charge on any atom is -0.495 e. The molecule has 0 aromatic heterocycles. The Labute approximate surface area is 81.9 Å². The molecule has 0 saturated heterocycles. The highest BCUT2D eigenvalue weighted by molar-refractivity contribution is 5.57. The molecule has 78 valence electrons. The number of aryl methyl sites for hydroxylation is 1. The van der Waals surface area contributed by atoms with Gasteiger partial charge in [0.15, 0.2) is 0 Å². The molecule has 0 spiro atoms. The van der Waals surface area contributed by atoms with E-state index < -0.39 is 6.43 Å². The van der Waals surface area contributed by atoms with Crippen molar-refractivity contribution in [3.05, 3.63) is 23.8 Å². The molecule has 14 heavy (non-hydrogen) atoms. The highest BCUT2D eigenvalue weighted by Gasteiger charge is 2.05. The Balaban J connectivity index is 2.75. The van der Waals surface area contributed by atoms with Crippen molar-refractivity contribution in [3.8, 4) is 5.75 Å². The zero-order valence-corrected chi connectivity index (χ0v) is 8.18. The zero-order valence-electron chi connectivity index (χ0n) is 8.18. The van der Waals surface area contributed by atoms with Gasteiger partial charge in [0.05, 0.1) is 19.3 Å². The molecule has 0 bridgehead atoms. The van der Waals surface area contributed by atoms with Crippen molar-refractivity contribution in [2.24, 2.45) is 0 Å². The molecule has 1 rings (SSSR count). The van der Waals surface area contributed by atoms with Crippen LogP contribution in [0.5, 0.6) is 5.75 Å². The monoisotopic (exact) mass is 201 g/mol. The third-order valence-electron chi connectivity index (χ3n) is 1.80. The van der Waals surface area contributed by atoms with Crippen LogP contribution >= 0.6 is 0 Å². The lowest BCUT2D eigenvalue weighted by Crippen LogP contribution is -2.10. The molecule has 0 aliphatic heterocycles. The molecule has 0 saturated carbocycles. The van der Waals surface area contributed by atoms with E-state index >= 15 is 0 Å². The highest BCUT2D eigenvalue weighted by atomic mass is 19.3. The summed E-state index contributed by atoms with van der Waals surface area (Å²) < 4.78 is 28.9. The van der Waals surface area contributed by atoms with Crippen molar-refractivity contribution >= 4 is 5.69 Å². The number of nitrogens with one attached hydrogen (secondary N) is 1. The second-order valence-corrected chi connectivity index (χ2v) is 2.98. The number of methoxy groups -OCH3 is 1. The fraction of sp³-hybridized carbons (Fsp3) is 0.400. The molecule has 1 N–H and O–H groups in total. The van der Waals surface area contributed by atoms with E-state index in [1.54, 1.807) is 12.1 Å². The molecule has 0 fully saturated rings. The van der Waals surface area contributed by atoms with Gasteiger partial charge in [-0.25, -0.2) is 8.78 Å². The zero-order chi connectivity index (χ0) is 10.6. The second-order valence-electron chi connectivity index (χ2n) is 2.98. The quantitative estimate of drug-likeness (QED) is 0.808. The first-order valence-corrected chi connectivity index (χ1v) is 4.30. The summed E-state index contributed by atoms with van der Waals surface area (Å²) in [6.45, 7) is 1.55. The molecule has 0 atom stereocenters. The normalized spacial score (nSPS) is 10.4. The van der Waals surface area contributed by atoms with E-state index in [4.69, 9.17) is 4.74 Å². The van der Waals surface area contributed by atoms with Gasteiger partial charge < -0.3 is 10.1 Å². The predicted octanol–water partition coefficient (Wildman–Crippen LogP) is 2.68. The molecular weight excluding hydrogens is 188 g/mol. The van der Waals surface area contributed by atoms with Crippen molar-refractivity contribution in [1.29, 1.82) is 0 Å². The smallest absolute Gasteiger partial charge is 0.255 e. The van der Waals surface area contributed by atoms with E-state index in [1.807, 2.05) is 13.0 Å². The van der Waals surface area contributed by atoms with E-state index in [0.29, 0.717) is 11.4 Å². The van der Waals surface area contributed by atoms with Crippen LogP contribution in [0.3, 0.4) is 0 Å². The van der Waals surface area contributed by atoms with Crippen molar-refractivity contribution in [1.82, 2.24) is 0 Å². The lowest BCUT2D eigenvalue weighted by Gasteiger charge is -2.11. The number of hydrogen-bond acceptors (Lipinski definition) is 2. The molecular formula is C10H13F2NO. The summed E-state index contributed by atoms with van der Waals surface area (Å²) >= 11 is 0. The minimum absolute atomic E-state index is 0.362. The predicted molar refractivity (Wildman–Crippen MR) is 52.2 cm³/mol. The van der Waals surface area contributed by atoms with Crippen LogP contribution in [0.15, 0.2) is 18.2 Å². The van der Waals surface area contributed by atoms with E-state index in [1.165, 1.54) is 7.11 Å². The number of ether oxygens (including phenoxy) is 1.